The van der Waals surface area contributed by atoms with Gasteiger partial charge in [0.25, 0.3) is 0 Å². The van der Waals surface area contributed by atoms with E-state index in [1.54, 1.807) is 0 Å². The van der Waals surface area contributed by atoms with Crippen molar-refractivity contribution in [2.24, 2.45) is 5.92 Å². The van der Waals surface area contributed by atoms with E-state index in [-0.39, 0.29) is 0 Å². The number of carbonyl (C=O) groups is 1. The molecule has 3 rings (SSSR count). The number of aliphatic hydroxyl groups is 1. The minimum atomic E-state index is -1.19. The second-order valence-electron chi connectivity index (χ2n) is 7.27. The van der Waals surface area contributed by atoms with Gasteiger partial charge in [-0.15, -0.1) is 0 Å². The third kappa shape index (κ3) is 8.50. The van der Waals surface area contributed by atoms with Crippen LogP contribution in [0, 0.1) is 11.1 Å². The number of likely N-dealkylation sites (tertiary alicyclic amines) is 1. The predicted octanol–water partition coefficient (Wildman–Crippen LogP) is 2.55. The molecule has 0 unspecified atom stereocenters. The fourth-order valence-electron chi connectivity index (χ4n) is 3.32. The molecule has 1 aliphatic rings. The van der Waals surface area contributed by atoms with Crippen LogP contribution in [0.4, 0.5) is 0 Å². The Balaban J connectivity index is 0.000000537. The quantitative estimate of drug-likeness (QED) is 0.420. The van der Waals surface area contributed by atoms with Gasteiger partial charge in [-0.25, -0.2) is 4.79 Å². The summed E-state index contributed by atoms with van der Waals surface area (Å²) in [7, 11) is 0. The number of ether oxygens (including phenoxy) is 1. The molecule has 1 saturated heterocycles. The third-order valence-electron chi connectivity index (χ3n) is 4.75. The molecule has 29 heavy (non-hydrogen) atoms. The third-order valence-corrected chi connectivity index (χ3v) is 4.75. The number of aliphatic carboxylic acids is 1. The number of piperidine rings is 1. The second kappa shape index (κ2) is 12.0. The molecule has 7 heteroatoms. The number of benzene rings is 1. The van der Waals surface area contributed by atoms with E-state index in [0.717, 1.165) is 47.1 Å². The van der Waals surface area contributed by atoms with Crippen LogP contribution < -0.4 is 9.47 Å². The molecule has 1 aromatic heterocycles. The van der Waals surface area contributed by atoms with Gasteiger partial charge in [0, 0.05) is 25.2 Å². The van der Waals surface area contributed by atoms with Crippen LogP contribution >= 0.6 is 0 Å². The van der Waals surface area contributed by atoms with Crippen molar-refractivity contribution in [3.05, 3.63) is 54.0 Å². The normalized spacial score (nSPS) is 16.6. The Morgan fingerprint density at radius 2 is 1.83 bits per heavy atom. The zero-order chi connectivity index (χ0) is 21.1. The molecular formula is C22H30N2O5. The Kier molecular flexibility index (Phi) is 9.40. The van der Waals surface area contributed by atoms with Crippen LogP contribution in [-0.2, 0) is 4.79 Å². The van der Waals surface area contributed by atoms with Gasteiger partial charge >= 0.3 is 5.97 Å². The summed E-state index contributed by atoms with van der Waals surface area (Å²) in [6.45, 7) is 5.91. The molecule has 1 aromatic carbocycles. The van der Waals surface area contributed by atoms with Gasteiger partial charge in [-0.05, 0) is 55.0 Å². The first-order valence-corrected chi connectivity index (χ1v) is 9.95. The van der Waals surface area contributed by atoms with Crippen LogP contribution in [0.15, 0.2) is 48.8 Å². The van der Waals surface area contributed by atoms with Crippen LogP contribution in [-0.4, -0.2) is 53.9 Å². The number of nitrogens with zero attached hydrogens (tertiary/aromatic N) is 2. The number of aromatic nitrogens is 1. The number of carboxylic acids is 1. The summed E-state index contributed by atoms with van der Waals surface area (Å²) in [6.07, 6.45) is 6.80. The molecule has 158 valence electrons. The van der Waals surface area contributed by atoms with E-state index < -0.39 is 12.6 Å². The first kappa shape index (κ1) is 22.6. The van der Waals surface area contributed by atoms with Gasteiger partial charge in [0.15, 0.2) is 12.4 Å². The molecule has 0 aliphatic carbocycles. The minimum absolute atomic E-state index is 0.756. The standard InChI is InChI=1S/C20H26N2O2.C2H4O3/c1-17-4-2-11-21(16-17)12-3-15-24-20-7-5-18(6-8-20)19-9-13-22(23)14-10-19;3-1-2(4)5/h5-10,13-14,17H,2-4,11-12,15-16H2,1H3;3H,1H2,(H,4,5)/t17-;/m0./s1. The molecule has 2 heterocycles. The molecule has 2 aromatic rings. The molecule has 0 amide bonds. The molecule has 0 spiro atoms. The highest BCUT2D eigenvalue weighted by atomic mass is 16.5. The summed E-state index contributed by atoms with van der Waals surface area (Å²) in [4.78, 5) is 11.7. The monoisotopic (exact) mass is 402 g/mol. The van der Waals surface area contributed by atoms with Gasteiger partial charge in [0.2, 0.25) is 0 Å². The topological polar surface area (TPSA) is 96.9 Å². The van der Waals surface area contributed by atoms with E-state index in [1.165, 1.54) is 38.3 Å². The van der Waals surface area contributed by atoms with E-state index in [2.05, 4.69) is 11.8 Å². The fraction of sp³-hybridized carbons (Fsp3) is 0.455. The van der Waals surface area contributed by atoms with E-state index in [9.17, 15) is 5.21 Å². The molecule has 0 saturated carbocycles. The average Bonchev–Trinajstić information content (AvgIpc) is 2.73. The molecule has 1 aliphatic heterocycles. The first-order chi connectivity index (χ1) is 14.0. The molecule has 1 fully saturated rings. The molecule has 7 nitrogen and oxygen atoms in total. The van der Waals surface area contributed by atoms with Crippen LogP contribution in [0.5, 0.6) is 5.75 Å². The summed E-state index contributed by atoms with van der Waals surface area (Å²) in [5.74, 6) is 0.548. The Hall–Kier alpha value is -2.64. The lowest BCUT2D eigenvalue weighted by molar-refractivity contribution is -0.605. The van der Waals surface area contributed by atoms with Crippen molar-refractivity contribution in [1.82, 2.24) is 4.90 Å². The smallest absolute Gasteiger partial charge is 0.329 e. The first-order valence-electron chi connectivity index (χ1n) is 9.95. The van der Waals surface area contributed by atoms with Gasteiger partial charge in [-0.1, -0.05) is 19.1 Å². The number of aliphatic hydroxyl groups excluding tert-OH is 1. The zero-order valence-electron chi connectivity index (χ0n) is 16.9. The lowest BCUT2D eigenvalue weighted by Gasteiger charge is -2.30. The van der Waals surface area contributed by atoms with Crippen LogP contribution in [0.2, 0.25) is 0 Å². The van der Waals surface area contributed by atoms with Crippen LogP contribution in [0.25, 0.3) is 11.1 Å². The average molecular weight is 402 g/mol. The van der Waals surface area contributed by atoms with Crippen molar-refractivity contribution in [3.63, 3.8) is 0 Å². The Morgan fingerprint density at radius 3 is 2.41 bits per heavy atom. The lowest BCUT2D eigenvalue weighted by Crippen LogP contribution is -2.35. The van der Waals surface area contributed by atoms with Gasteiger partial charge in [-0.3, -0.25) is 0 Å². The molecular weight excluding hydrogens is 372 g/mol. The van der Waals surface area contributed by atoms with Crippen molar-refractivity contribution in [1.29, 1.82) is 0 Å². The molecule has 0 bridgehead atoms. The van der Waals surface area contributed by atoms with Crippen molar-refractivity contribution in [3.8, 4) is 16.9 Å². The van der Waals surface area contributed by atoms with E-state index >= 15 is 0 Å². The SMILES string of the molecule is C[C@H]1CCCN(CCCOc2ccc(-c3cc[n+]([O-])cc3)cc2)C1.O=C(O)CO. The van der Waals surface area contributed by atoms with Gasteiger partial charge in [0.1, 0.15) is 12.4 Å². The van der Waals surface area contributed by atoms with Crippen molar-refractivity contribution >= 4 is 5.97 Å². The minimum Gasteiger partial charge on any atom is -0.619 e. The molecule has 2 N–H and O–H groups in total. The number of carboxylic acid groups (broad SMARTS) is 1. The second-order valence-corrected chi connectivity index (χ2v) is 7.27. The zero-order valence-corrected chi connectivity index (χ0v) is 16.9. The van der Waals surface area contributed by atoms with Gasteiger partial charge < -0.3 is 25.1 Å². The van der Waals surface area contributed by atoms with Gasteiger partial charge in [-0.2, -0.15) is 4.73 Å². The maximum Gasteiger partial charge on any atom is 0.329 e. The number of hydrogen-bond donors (Lipinski definition) is 2. The van der Waals surface area contributed by atoms with E-state index in [1.807, 2.05) is 36.4 Å². The summed E-state index contributed by atoms with van der Waals surface area (Å²) in [5.41, 5.74) is 2.12. The predicted molar refractivity (Wildman–Crippen MR) is 111 cm³/mol. The largest absolute Gasteiger partial charge is 0.619 e. The van der Waals surface area contributed by atoms with Crippen molar-refractivity contribution < 1.29 is 24.5 Å². The van der Waals surface area contributed by atoms with Crippen molar-refractivity contribution in [2.45, 2.75) is 26.2 Å². The summed E-state index contributed by atoms with van der Waals surface area (Å²) < 4.78 is 6.65. The van der Waals surface area contributed by atoms with E-state index in [0.29, 0.717) is 0 Å². The maximum absolute atomic E-state index is 11.1. The van der Waals surface area contributed by atoms with Gasteiger partial charge in [0.05, 0.1) is 6.61 Å². The Bertz CT molecular complexity index is 734. The maximum atomic E-state index is 11.1. The molecule has 0 radical (unpaired) electrons. The summed E-state index contributed by atoms with van der Waals surface area (Å²) in [5, 5.41) is 26.1. The van der Waals surface area contributed by atoms with Crippen molar-refractivity contribution in [2.75, 3.05) is 32.8 Å². The van der Waals surface area contributed by atoms with E-state index in [4.69, 9.17) is 19.7 Å². The lowest BCUT2D eigenvalue weighted by atomic mass is 10.0. The number of rotatable bonds is 7. The van der Waals surface area contributed by atoms with Crippen LogP contribution in [0.3, 0.4) is 0 Å². The summed E-state index contributed by atoms with van der Waals surface area (Å²) in [6, 6.07) is 11.7. The number of pyridine rings is 1. The highest BCUT2D eigenvalue weighted by Gasteiger charge is 2.15. The highest BCUT2D eigenvalue weighted by Crippen LogP contribution is 2.21. The Morgan fingerprint density at radius 1 is 1.21 bits per heavy atom. The highest BCUT2D eigenvalue weighted by molar-refractivity contribution is 5.67. The van der Waals surface area contributed by atoms with Crippen LogP contribution in [0.1, 0.15) is 26.2 Å². The Labute approximate surface area is 171 Å². The number of hydrogen-bond acceptors (Lipinski definition) is 5. The fourth-order valence-corrected chi connectivity index (χ4v) is 3.32. The summed E-state index contributed by atoms with van der Waals surface area (Å²) >= 11 is 0. The molecule has 1 atom stereocenters.